The maximum absolute atomic E-state index is 11.6. The van der Waals surface area contributed by atoms with Gasteiger partial charge in [0.1, 0.15) is 10.3 Å². The van der Waals surface area contributed by atoms with Crippen molar-refractivity contribution in [1.82, 2.24) is 9.97 Å². The summed E-state index contributed by atoms with van der Waals surface area (Å²) in [6.07, 6.45) is 0. The largest absolute Gasteiger partial charge is 0.305 e. The summed E-state index contributed by atoms with van der Waals surface area (Å²) in [5, 5.41) is 0.893. The van der Waals surface area contributed by atoms with E-state index in [1.807, 2.05) is 0 Å². The minimum atomic E-state index is -0.261. The summed E-state index contributed by atoms with van der Waals surface area (Å²) < 4.78 is 0.407. The van der Waals surface area contributed by atoms with Crippen LogP contribution in [0.5, 0.6) is 0 Å². The maximum atomic E-state index is 11.6. The van der Waals surface area contributed by atoms with Gasteiger partial charge in [0.25, 0.3) is 5.56 Å². The van der Waals surface area contributed by atoms with E-state index in [1.165, 1.54) is 0 Å². The van der Waals surface area contributed by atoms with Crippen molar-refractivity contribution in [2.45, 2.75) is 6.92 Å². The Morgan fingerprint density at radius 1 is 1.29 bits per heavy atom. The van der Waals surface area contributed by atoms with Gasteiger partial charge < -0.3 is 4.98 Å². The Kier molecular flexibility index (Phi) is 3.56. The predicted octanol–water partition coefficient (Wildman–Crippen LogP) is 3.81. The van der Waals surface area contributed by atoms with Crippen molar-refractivity contribution in [3.63, 3.8) is 0 Å². The van der Waals surface area contributed by atoms with Gasteiger partial charge in [0.2, 0.25) is 0 Å². The summed E-state index contributed by atoms with van der Waals surface area (Å²) in [7, 11) is 0. The van der Waals surface area contributed by atoms with Crippen LogP contribution in [0.1, 0.15) is 5.69 Å². The van der Waals surface area contributed by atoms with Crippen LogP contribution in [-0.4, -0.2) is 9.97 Å². The summed E-state index contributed by atoms with van der Waals surface area (Å²) in [5.74, 6) is 0.367. The van der Waals surface area contributed by atoms with Crippen molar-refractivity contribution in [2.75, 3.05) is 0 Å². The first-order valence-corrected chi connectivity index (χ1v) is 6.26. The Balaban J connectivity index is 2.74. The molecule has 2 aromatic rings. The Labute approximate surface area is 116 Å². The second-order valence-electron chi connectivity index (χ2n) is 3.41. The molecule has 0 radical (unpaired) electrons. The van der Waals surface area contributed by atoms with Gasteiger partial charge in [-0.1, -0.05) is 29.3 Å². The van der Waals surface area contributed by atoms with E-state index in [0.717, 1.165) is 0 Å². The average Bonchev–Trinajstić information content (AvgIpc) is 2.25. The van der Waals surface area contributed by atoms with Gasteiger partial charge in [-0.2, -0.15) is 0 Å². The van der Waals surface area contributed by atoms with Crippen LogP contribution in [0.15, 0.2) is 27.5 Å². The van der Waals surface area contributed by atoms with Gasteiger partial charge in [-0.05, 0) is 35.0 Å². The average molecular weight is 334 g/mol. The third-order valence-electron chi connectivity index (χ3n) is 2.23. The van der Waals surface area contributed by atoms with Crippen LogP contribution in [0.3, 0.4) is 0 Å². The summed E-state index contributed by atoms with van der Waals surface area (Å²) >= 11 is 15.3. The zero-order valence-electron chi connectivity index (χ0n) is 8.72. The van der Waals surface area contributed by atoms with E-state index in [2.05, 4.69) is 25.9 Å². The lowest BCUT2D eigenvalue weighted by molar-refractivity contribution is 1.05. The van der Waals surface area contributed by atoms with Gasteiger partial charge in [0.15, 0.2) is 0 Å². The smallest absolute Gasteiger partial charge is 0.265 e. The lowest BCUT2D eigenvalue weighted by Gasteiger charge is -2.07. The van der Waals surface area contributed by atoms with Crippen molar-refractivity contribution >= 4 is 39.1 Å². The highest BCUT2D eigenvalue weighted by atomic mass is 79.9. The molecule has 0 saturated heterocycles. The quantitative estimate of drug-likeness (QED) is 0.862. The minimum absolute atomic E-state index is 0.261. The number of hydrogen-bond acceptors (Lipinski definition) is 2. The van der Waals surface area contributed by atoms with Crippen LogP contribution in [0.4, 0.5) is 0 Å². The van der Waals surface area contributed by atoms with Crippen molar-refractivity contribution in [3.05, 3.63) is 48.8 Å². The molecule has 0 atom stereocenters. The SMILES string of the molecule is Cc1nc(-c2c(Cl)cccc2Cl)[nH]c(=O)c1Br. The fraction of sp³-hybridized carbons (Fsp3) is 0.0909. The molecule has 0 aliphatic rings. The first-order valence-electron chi connectivity index (χ1n) is 4.71. The first kappa shape index (κ1) is 12.6. The number of aryl methyl sites for hydroxylation is 1. The molecule has 1 heterocycles. The molecule has 0 bridgehead atoms. The van der Waals surface area contributed by atoms with Crippen LogP contribution >= 0.6 is 39.1 Å². The van der Waals surface area contributed by atoms with Gasteiger partial charge in [-0.25, -0.2) is 4.98 Å². The fourth-order valence-electron chi connectivity index (χ4n) is 1.41. The number of hydrogen-bond donors (Lipinski definition) is 1. The number of halogens is 3. The highest BCUT2D eigenvalue weighted by molar-refractivity contribution is 9.10. The van der Waals surface area contributed by atoms with E-state index in [1.54, 1.807) is 25.1 Å². The molecule has 0 fully saturated rings. The Morgan fingerprint density at radius 3 is 2.41 bits per heavy atom. The molecule has 1 aromatic carbocycles. The molecule has 0 saturated carbocycles. The number of nitrogens with zero attached hydrogens (tertiary/aromatic N) is 1. The molecule has 6 heteroatoms. The maximum Gasteiger partial charge on any atom is 0.265 e. The molecule has 0 amide bonds. The number of H-pyrrole nitrogens is 1. The summed E-state index contributed by atoms with van der Waals surface area (Å²) in [6, 6.07) is 5.12. The molecular weight excluding hydrogens is 327 g/mol. The Bertz CT molecular complexity index is 620. The molecule has 17 heavy (non-hydrogen) atoms. The summed E-state index contributed by atoms with van der Waals surface area (Å²) in [6.45, 7) is 1.73. The van der Waals surface area contributed by atoms with Crippen LogP contribution in [-0.2, 0) is 0 Å². The lowest BCUT2D eigenvalue weighted by Crippen LogP contribution is -2.12. The number of rotatable bonds is 1. The Hall–Kier alpha value is -0.840. The van der Waals surface area contributed by atoms with Gasteiger partial charge in [0, 0.05) is 0 Å². The zero-order chi connectivity index (χ0) is 12.6. The number of nitrogens with one attached hydrogen (secondary N) is 1. The number of aromatic amines is 1. The summed E-state index contributed by atoms with van der Waals surface area (Å²) in [4.78, 5) is 18.5. The molecule has 0 aliphatic carbocycles. The van der Waals surface area contributed by atoms with E-state index < -0.39 is 0 Å². The Morgan fingerprint density at radius 2 is 1.88 bits per heavy atom. The predicted molar refractivity (Wildman–Crippen MR) is 72.8 cm³/mol. The lowest BCUT2D eigenvalue weighted by atomic mass is 10.2. The fourth-order valence-corrected chi connectivity index (χ4v) is 2.18. The summed E-state index contributed by atoms with van der Waals surface area (Å²) in [5.41, 5.74) is 0.853. The van der Waals surface area contributed by atoms with Crippen molar-refractivity contribution in [2.24, 2.45) is 0 Å². The van der Waals surface area contributed by atoms with Crippen LogP contribution in [0, 0.1) is 6.92 Å². The van der Waals surface area contributed by atoms with Gasteiger partial charge in [-0.15, -0.1) is 0 Å². The molecule has 1 aromatic heterocycles. The third-order valence-corrected chi connectivity index (χ3v) is 3.79. The normalized spacial score (nSPS) is 10.6. The van der Waals surface area contributed by atoms with Gasteiger partial charge in [0.05, 0.1) is 21.3 Å². The molecule has 0 unspecified atom stereocenters. The van der Waals surface area contributed by atoms with E-state index in [0.29, 0.717) is 31.6 Å². The van der Waals surface area contributed by atoms with E-state index >= 15 is 0 Å². The number of aromatic nitrogens is 2. The minimum Gasteiger partial charge on any atom is -0.305 e. The zero-order valence-corrected chi connectivity index (χ0v) is 11.8. The highest BCUT2D eigenvalue weighted by Crippen LogP contribution is 2.32. The second kappa shape index (κ2) is 4.80. The van der Waals surface area contributed by atoms with Gasteiger partial charge >= 0.3 is 0 Å². The second-order valence-corrected chi connectivity index (χ2v) is 5.02. The first-order chi connectivity index (χ1) is 8.00. The van der Waals surface area contributed by atoms with E-state index in [-0.39, 0.29) is 5.56 Å². The topological polar surface area (TPSA) is 45.8 Å². The standard InChI is InChI=1S/C11H7BrCl2N2O/c1-5-9(12)11(17)16-10(15-5)8-6(13)3-2-4-7(8)14/h2-4H,1H3,(H,15,16,17). The number of benzene rings is 1. The molecule has 3 nitrogen and oxygen atoms in total. The van der Waals surface area contributed by atoms with Crippen LogP contribution in [0.2, 0.25) is 10.0 Å². The molecule has 88 valence electrons. The van der Waals surface area contributed by atoms with Gasteiger partial charge in [-0.3, -0.25) is 4.79 Å². The van der Waals surface area contributed by atoms with Crippen LogP contribution in [0.25, 0.3) is 11.4 Å². The molecule has 0 aliphatic heterocycles. The van der Waals surface area contributed by atoms with Crippen LogP contribution < -0.4 is 5.56 Å². The molecular formula is C11H7BrCl2N2O. The molecule has 0 spiro atoms. The highest BCUT2D eigenvalue weighted by Gasteiger charge is 2.13. The van der Waals surface area contributed by atoms with E-state index in [4.69, 9.17) is 23.2 Å². The molecule has 1 N–H and O–H groups in total. The van der Waals surface area contributed by atoms with Crippen molar-refractivity contribution in [1.29, 1.82) is 0 Å². The third kappa shape index (κ3) is 2.39. The molecule has 2 rings (SSSR count). The van der Waals surface area contributed by atoms with Crippen molar-refractivity contribution < 1.29 is 0 Å². The monoisotopic (exact) mass is 332 g/mol. The van der Waals surface area contributed by atoms with E-state index in [9.17, 15) is 4.79 Å². The van der Waals surface area contributed by atoms with Crippen molar-refractivity contribution in [3.8, 4) is 11.4 Å².